The van der Waals surface area contributed by atoms with Crippen LogP contribution in [0.1, 0.15) is 72.7 Å². The summed E-state index contributed by atoms with van der Waals surface area (Å²) < 4.78 is 6.04. The van der Waals surface area contributed by atoms with Crippen LogP contribution in [-0.4, -0.2) is 19.2 Å². The topological polar surface area (TPSA) is 33.3 Å². The van der Waals surface area contributed by atoms with Gasteiger partial charge in [0, 0.05) is 30.6 Å². The van der Waals surface area contributed by atoms with Crippen LogP contribution in [0.2, 0.25) is 0 Å². The van der Waals surface area contributed by atoms with Crippen molar-refractivity contribution < 1.29 is 4.74 Å². The Labute approximate surface area is 168 Å². The molecule has 2 atom stereocenters. The van der Waals surface area contributed by atoms with Crippen molar-refractivity contribution in [3.05, 3.63) is 64.7 Å². The monoisotopic (exact) mass is 376 g/mol. The molecule has 1 saturated heterocycles. The summed E-state index contributed by atoms with van der Waals surface area (Å²) in [6, 6.07) is 16.6. The van der Waals surface area contributed by atoms with Gasteiger partial charge in [-0.15, -0.1) is 0 Å². The van der Waals surface area contributed by atoms with Crippen LogP contribution in [0, 0.1) is 0 Å². The molecule has 2 fully saturated rings. The number of ether oxygens (including phenoxy) is 1. The maximum absolute atomic E-state index is 6.04. The molecule has 28 heavy (non-hydrogen) atoms. The molecule has 1 aliphatic carbocycles. The molecule has 3 nitrogen and oxygen atoms in total. The summed E-state index contributed by atoms with van der Waals surface area (Å²) in [5.41, 5.74) is 5.75. The minimum absolute atomic E-state index is 0.391. The van der Waals surface area contributed by atoms with E-state index in [4.69, 9.17) is 4.74 Å². The molecular formula is C25H32N2O. The van der Waals surface area contributed by atoms with Gasteiger partial charge in [0.25, 0.3) is 0 Å². The molecular weight excluding hydrogens is 344 g/mol. The first-order valence-corrected chi connectivity index (χ1v) is 11.2. The first kappa shape index (κ1) is 18.2. The highest BCUT2D eigenvalue weighted by molar-refractivity contribution is 5.48. The van der Waals surface area contributed by atoms with Crippen LogP contribution >= 0.6 is 0 Å². The zero-order valence-corrected chi connectivity index (χ0v) is 16.8. The van der Waals surface area contributed by atoms with E-state index >= 15 is 0 Å². The normalized spacial score (nSPS) is 24.9. The molecule has 2 heterocycles. The maximum atomic E-state index is 6.04. The van der Waals surface area contributed by atoms with Gasteiger partial charge in [0.15, 0.2) is 0 Å². The fourth-order valence-electron chi connectivity index (χ4n) is 5.40. The van der Waals surface area contributed by atoms with Crippen LogP contribution in [0.25, 0.3) is 0 Å². The van der Waals surface area contributed by atoms with Crippen LogP contribution in [-0.2, 0) is 13.0 Å². The van der Waals surface area contributed by atoms with E-state index in [0.717, 1.165) is 37.8 Å². The molecule has 2 aromatic carbocycles. The molecule has 148 valence electrons. The first-order valence-electron chi connectivity index (χ1n) is 11.2. The number of fused-ring (bicyclic) bond motifs is 1. The summed E-state index contributed by atoms with van der Waals surface area (Å²) in [5.74, 6) is 1.92. The Morgan fingerprint density at radius 2 is 1.82 bits per heavy atom. The van der Waals surface area contributed by atoms with Gasteiger partial charge in [-0.2, -0.15) is 0 Å². The van der Waals surface area contributed by atoms with Crippen molar-refractivity contribution in [1.29, 1.82) is 0 Å². The molecule has 0 amide bonds. The van der Waals surface area contributed by atoms with E-state index < -0.39 is 0 Å². The Hall–Kier alpha value is -1.84. The summed E-state index contributed by atoms with van der Waals surface area (Å²) in [6.07, 6.45) is 9.01. The molecule has 0 aromatic heterocycles. The van der Waals surface area contributed by atoms with Gasteiger partial charge in [0.1, 0.15) is 5.75 Å². The summed E-state index contributed by atoms with van der Waals surface area (Å²) in [7, 11) is 0. The van der Waals surface area contributed by atoms with Crippen LogP contribution in [0.15, 0.2) is 42.5 Å². The third-order valence-corrected chi connectivity index (χ3v) is 6.88. The Bertz CT molecular complexity index is 798. The quantitative estimate of drug-likeness (QED) is 0.782. The lowest BCUT2D eigenvalue weighted by Crippen LogP contribution is -2.45. The van der Waals surface area contributed by atoms with Crippen molar-refractivity contribution in [2.24, 2.45) is 0 Å². The largest absolute Gasteiger partial charge is 0.493 e. The lowest BCUT2D eigenvalue weighted by atomic mass is 9.91. The second-order valence-corrected chi connectivity index (χ2v) is 8.72. The van der Waals surface area contributed by atoms with Crippen molar-refractivity contribution in [2.75, 3.05) is 13.2 Å². The van der Waals surface area contributed by atoms with Gasteiger partial charge in [0.05, 0.1) is 6.61 Å². The van der Waals surface area contributed by atoms with Gasteiger partial charge >= 0.3 is 0 Å². The van der Waals surface area contributed by atoms with Crippen LogP contribution in [0.4, 0.5) is 0 Å². The molecule has 0 radical (unpaired) electrons. The summed E-state index contributed by atoms with van der Waals surface area (Å²) >= 11 is 0. The minimum Gasteiger partial charge on any atom is -0.493 e. The molecule has 2 aromatic rings. The molecule has 2 aliphatic heterocycles. The molecule has 0 spiro atoms. The maximum Gasteiger partial charge on any atom is 0.127 e. The van der Waals surface area contributed by atoms with Crippen LogP contribution < -0.4 is 15.4 Å². The van der Waals surface area contributed by atoms with Gasteiger partial charge < -0.3 is 15.4 Å². The lowest BCUT2D eigenvalue weighted by Gasteiger charge is -2.34. The molecule has 2 N–H and O–H groups in total. The van der Waals surface area contributed by atoms with Gasteiger partial charge in [-0.1, -0.05) is 55.3 Å². The van der Waals surface area contributed by atoms with Crippen LogP contribution in [0.3, 0.4) is 0 Å². The second-order valence-electron chi connectivity index (χ2n) is 8.72. The van der Waals surface area contributed by atoms with E-state index in [9.17, 15) is 0 Å². The number of hydrogen-bond acceptors (Lipinski definition) is 3. The Morgan fingerprint density at radius 1 is 0.964 bits per heavy atom. The first-order chi connectivity index (χ1) is 13.9. The number of piperidine rings is 1. The van der Waals surface area contributed by atoms with E-state index in [1.165, 1.54) is 55.2 Å². The third kappa shape index (κ3) is 3.70. The van der Waals surface area contributed by atoms with Crippen molar-refractivity contribution in [3.63, 3.8) is 0 Å². The molecule has 0 unspecified atom stereocenters. The average molecular weight is 377 g/mol. The summed E-state index contributed by atoms with van der Waals surface area (Å²) in [4.78, 5) is 0. The van der Waals surface area contributed by atoms with Crippen molar-refractivity contribution >= 4 is 0 Å². The Balaban J connectivity index is 1.35. The van der Waals surface area contributed by atoms with Gasteiger partial charge in [0.2, 0.25) is 0 Å². The van der Waals surface area contributed by atoms with Crippen LogP contribution in [0.5, 0.6) is 5.75 Å². The minimum atomic E-state index is 0.391. The highest BCUT2D eigenvalue weighted by Crippen LogP contribution is 2.39. The third-order valence-electron chi connectivity index (χ3n) is 6.88. The van der Waals surface area contributed by atoms with Crippen molar-refractivity contribution in [3.8, 4) is 5.75 Å². The van der Waals surface area contributed by atoms with E-state index in [-0.39, 0.29) is 0 Å². The zero-order valence-electron chi connectivity index (χ0n) is 16.8. The number of hydrogen-bond donors (Lipinski definition) is 2. The molecule has 3 aliphatic rings. The summed E-state index contributed by atoms with van der Waals surface area (Å²) in [6.45, 7) is 2.85. The number of nitrogens with one attached hydrogen (secondary N) is 2. The van der Waals surface area contributed by atoms with Gasteiger partial charge in [-0.25, -0.2) is 0 Å². The fraction of sp³-hybridized carbons (Fsp3) is 0.520. The van der Waals surface area contributed by atoms with Gasteiger partial charge in [-0.3, -0.25) is 0 Å². The van der Waals surface area contributed by atoms with E-state index in [1.807, 2.05) is 0 Å². The van der Waals surface area contributed by atoms with E-state index in [1.54, 1.807) is 5.56 Å². The van der Waals surface area contributed by atoms with E-state index in [2.05, 4.69) is 53.1 Å². The lowest BCUT2D eigenvalue weighted by molar-refractivity contribution is 0.301. The van der Waals surface area contributed by atoms with Crippen molar-refractivity contribution in [1.82, 2.24) is 10.6 Å². The SMILES string of the molecule is c1ccc([C@@H]2NCCC[C@@H]2NCc2cc(C3CCCC3)cc3c2OCC3)cc1. The van der Waals surface area contributed by atoms with Crippen molar-refractivity contribution in [2.45, 2.75) is 69.5 Å². The molecule has 3 heteroatoms. The summed E-state index contributed by atoms with van der Waals surface area (Å²) in [5, 5.41) is 7.63. The number of rotatable bonds is 5. The molecule has 0 bridgehead atoms. The fourth-order valence-corrected chi connectivity index (χ4v) is 5.40. The van der Waals surface area contributed by atoms with E-state index in [0.29, 0.717) is 12.1 Å². The Morgan fingerprint density at radius 3 is 2.68 bits per heavy atom. The second kappa shape index (κ2) is 8.26. The predicted molar refractivity (Wildman–Crippen MR) is 114 cm³/mol. The average Bonchev–Trinajstić information content (AvgIpc) is 3.44. The Kier molecular flexibility index (Phi) is 5.37. The number of benzene rings is 2. The standard InChI is InChI=1S/C25H32N2O/c1-2-9-19(10-3-1)24-23(11-6-13-26-24)27-17-22-16-21(18-7-4-5-8-18)15-20-12-14-28-25(20)22/h1-3,9-10,15-16,18,23-24,26-27H,4-8,11-14,17H2/t23-,24-/m0/s1. The molecule has 1 saturated carbocycles. The highest BCUT2D eigenvalue weighted by atomic mass is 16.5. The van der Waals surface area contributed by atoms with Gasteiger partial charge in [-0.05, 0) is 54.8 Å². The smallest absolute Gasteiger partial charge is 0.127 e. The predicted octanol–water partition coefficient (Wildman–Crippen LogP) is 4.86. The molecule has 5 rings (SSSR count). The zero-order chi connectivity index (χ0) is 18.8. The highest BCUT2D eigenvalue weighted by Gasteiger charge is 2.27.